The molecule has 154 valence electrons. The number of hydrogen-bond acceptors (Lipinski definition) is 6. The molecule has 0 fully saturated rings. The molecule has 2 aromatic rings. The molecule has 1 aliphatic heterocycles. The molecule has 1 aromatic carbocycles. The molecule has 0 aliphatic carbocycles. The van der Waals surface area contributed by atoms with Crippen LogP contribution >= 0.6 is 24.8 Å². The van der Waals surface area contributed by atoms with Gasteiger partial charge in [0.2, 0.25) is 0 Å². The highest BCUT2D eigenvalue weighted by Crippen LogP contribution is 2.20. The van der Waals surface area contributed by atoms with Gasteiger partial charge in [-0.25, -0.2) is 9.10 Å². The lowest BCUT2D eigenvalue weighted by atomic mass is 10.0. The third kappa shape index (κ3) is 5.97. The molecule has 0 bridgehead atoms. The number of esters is 1. The molecule has 1 N–H and O–H groups in total. The maximum absolute atomic E-state index is 11.6. The normalized spacial score (nSPS) is 13.2. The van der Waals surface area contributed by atoms with Gasteiger partial charge in [0.25, 0.3) is 0 Å². The van der Waals surface area contributed by atoms with Crippen molar-refractivity contribution in [2.24, 2.45) is 0 Å². The first kappa shape index (κ1) is 24.5. The van der Waals surface area contributed by atoms with Crippen molar-refractivity contribution in [2.75, 3.05) is 13.7 Å². The van der Waals surface area contributed by atoms with Crippen LogP contribution in [0.25, 0.3) is 0 Å². The molecule has 1 aliphatic rings. The number of carbonyl (C=O) groups is 1. The molecule has 10 heteroatoms. The molecule has 0 amide bonds. The van der Waals surface area contributed by atoms with Gasteiger partial charge in [-0.1, -0.05) is 18.2 Å². The second-order valence-electron chi connectivity index (χ2n) is 6.02. The number of methoxy groups -OCH3 is 1. The van der Waals surface area contributed by atoms with E-state index in [1.165, 1.54) is 28.7 Å². The average molecular weight is 447 g/mol. The van der Waals surface area contributed by atoms with E-state index in [1.807, 2.05) is 12.1 Å². The maximum atomic E-state index is 11.6. The van der Waals surface area contributed by atoms with Gasteiger partial charge in [0, 0.05) is 37.1 Å². The largest absolute Gasteiger partial charge is 0.760 e. The maximum Gasteiger partial charge on any atom is 0.339 e. The van der Waals surface area contributed by atoms with Crippen molar-refractivity contribution in [3.63, 3.8) is 0 Å². The topological polar surface area (TPSA) is 94.6 Å². The molecular weight excluding hydrogens is 425 g/mol. The standard InChI is InChI=1S/C18H21N3O4S.2ClH/c1-25-18(22)15-5-6-16(20-10-15)12-21(26(23)24)8-7-13-3-2-4-14-9-19-11-17(13)14;;/h2-6,10,19H,7-9,11-12H2,1H3,(H,23,24);2*1H/p-1. The van der Waals surface area contributed by atoms with Crippen LogP contribution in [0.3, 0.4) is 0 Å². The van der Waals surface area contributed by atoms with Crippen molar-refractivity contribution in [3.8, 4) is 0 Å². The fraction of sp³-hybridized carbons (Fsp3) is 0.333. The summed E-state index contributed by atoms with van der Waals surface area (Å²) >= 11 is -2.36. The zero-order valence-electron chi connectivity index (χ0n) is 15.3. The van der Waals surface area contributed by atoms with E-state index in [-0.39, 0.29) is 31.4 Å². The number of benzene rings is 1. The van der Waals surface area contributed by atoms with E-state index in [1.54, 1.807) is 12.1 Å². The fourth-order valence-corrected chi connectivity index (χ4v) is 3.50. The van der Waals surface area contributed by atoms with Crippen LogP contribution in [0.5, 0.6) is 0 Å². The van der Waals surface area contributed by atoms with Crippen LogP contribution in [-0.2, 0) is 42.1 Å². The lowest BCUT2D eigenvalue weighted by Crippen LogP contribution is -2.28. The first-order valence-corrected chi connectivity index (χ1v) is 9.29. The van der Waals surface area contributed by atoms with E-state index in [4.69, 9.17) is 0 Å². The number of ether oxygens (including phenoxy) is 1. The van der Waals surface area contributed by atoms with Gasteiger partial charge in [-0.05, 0) is 35.2 Å². The lowest BCUT2D eigenvalue weighted by Gasteiger charge is -2.24. The summed E-state index contributed by atoms with van der Waals surface area (Å²) in [4.78, 5) is 15.6. The summed E-state index contributed by atoms with van der Waals surface area (Å²) in [5.41, 5.74) is 4.61. The van der Waals surface area contributed by atoms with E-state index < -0.39 is 17.2 Å². The Hall–Kier alpha value is -1.55. The molecule has 1 unspecified atom stereocenters. The highest BCUT2D eigenvalue weighted by molar-refractivity contribution is 7.76. The van der Waals surface area contributed by atoms with Crippen LogP contribution in [0.4, 0.5) is 0 Å². The zero-order chi connectivity index (χ0) is 18.5. The summed E-state index contributed by atoms with van der Waals surface area (Å²) in [5, 5.41) is 3.31. The summed E-state index contributed by atoms with van der Waals surface area (Å²) in [6, 6.07) is 9.36. The highest BCUT2D eigenvalue weighted by atomic mass is 35.5. The summed E-state index contributed by atoms with van der Waals surface area (Å²) in [7, 11) is 1.30. The minimum absolute atomic E-state index is 0. The van der Waals surface area contributed by atoms with Crippen LogP contribution in [0.15, 0.2) is 36.5 Å². The van der Waals surface area contributed by atoms with E-state index in [2.05, 4.69) is 21.1 Å². The monoisotopic (exact) mass is 446 g/mol. The van der Waals surface area contributed by atoms with E-state index >= 15 is 0 Å². The number of hydrogen-bond donors (Lipinski definition) is 1. The highest BCUT2D eigenvalue weighted by Gasteiger charge is 2.15. The summed E-state index contributed by atoms with van der Waals surface area (Å²) < 4.78 is 29.1. The van der Waals surface area contributed by atoms with E-state index in [9.17, 15) is 13.6 Å². The Morgan fingerprint density at radius 2 is 2.07 bits per heavy atom. The quantitative estimate of drug-likeness (QED) is 0.517. The number of rotatable bonds is 7. The second kappa shape index (κ2) is 11.5. The number of aromatic nitrogens is 1. The predicted molar refractivity (Wildman–Crippen MR) is 110 cm³/mol. The number of halogens is 2. The lowest BCUT2D eigenvalue weighted by molar-refractivity contribution is 0.0600. The van der Waals surface area contributed by atoms with Crippen molar-refractivity contribution in [3.05, 3.63) is 64.5 Å². The van der Waals surface area contributed by atoms with Gasteiger partial charge in [-0.3, -0.25) is 9.19 Å². The molecule has 28 heavy (non-hydrogen) atoms. The van der Waals surface area contributed by atoms with Crippen molar-refractivity contribution >= 4 is 42.0 Å². The van der Waals surface area contributed by atoms with E-state index in [0.717, 1.165) is 18.7 Å². The van der Waals surface area contributed by atoms with Crippen LogP contribution in [0.2, 0.25) is 0 Å². The molecule has 2 heterocycles. The van der Waals surface area contributed by atoms with Crippen LogP contribution in [0.1, 0.15) is 32.7 Å². The minimum Gasteiger partial charge on any atom is -0.760 e. The van der Waals surface area contributed by atoms with Gasteiger partial charge < -0.3 is 14.6 Å². The first-order chi connectivity index (χ1) is 12.6. The molecule has 1 atom stereocenters. The van der Waals surface area contributed by atoms with Gasteiger partial charge in [-0.15, -0.1) is 24.8 Å². The molecule has 0 saturated carbocycles. The summed E-state index contributed by atoms with van der Waals surface area (Å²) in [6.07, 6.45) is 2.03. The molecule has 0 saturated heterocycles. The Kier molecular flexibility index (Phi) is 10.0. The predicted octanol–water partition coefficient (Wildman–Crippen LogP) is 2.15. The summed E-state index contributed by atoms with van der Waals surface area (Å²) in [6.45, 7) is 2.21. The van der Waals surface area contributed by atoms with Gasteiger partial charge in [-0.2, -0.15) is 0 Å². The van der Waals surface area contributed by atoms with Crippen LogP contribution in [0, 0.1) is 0 Å². The number of carbonyl (C=O) groups excluding carboxylic acids is 1. The van der Waals surface area contributed by atoms with Gasteiger partial charge in [0.1, 0.15) is 0 Å². The molecule has 3 rings (SSSR count). The Labute approximate surface area is 179 Å². The van der Waals surface area contributed by atoms with Crippen molar-refractivity contribution < 1.29 is 18.3 Å². The fourth-order valence-electron chi connectivity index (χ4n) is 3.03. The number of pyridine rings is 1. The van der Waals surface area contributed by atoms with Gasteiger partial charge in [0.15, 0.2) is 0 Å². The smallest absolute Gasteiger partial charge is 0.339 e. The minimum atomic E-state index is -2.36. The average Bonchev–Trinajstić information content (AvgIpc) is 3.14. The second-order valence-corrected chi connectivity index (χ2v) is 6.97. The number of nitrogens with zero attached hydrogens (tertiary/aromatic N) is 2. The third-order valence-electron chi connectivity index (χ3n) is 4.41. The SMILES string of the molecule is COC(=O)c1ccc(CN(CCc2cccc3c2CNC3)S(=O)[O-])nc1.Cl.Cl. The van der Waals surface area contributed by atoms with Crippen molar-refractivity contribution in [1.82, 2.24) is 14.6 Å². The van der Waals surface area contributed by atoms with Gasteiger partial charge >= 0.3 is 5.97 Å². The Balaban J connectivity index is 0.00000196. The third-order valence-corrected chi connectivity index (χ3v) is 5.15. The zero-order valence-corrected chi connectivity index (χ0v) is 17.7. The van der Waals surface area contributed by atoms with E-state index in [0.29, 0.717) is 24.2 Å². The Bertz CT molecular complexity index is 821. The molecule has 0 spiro atoms. The number of nitrogens with one attached hydrogen (secondary N) is 1. The molecular formula is C18H22Cl2N3O4S-. The van der Waals surface area contributed by atoms with Crippen LogP contribution < -0.4 is 5.32 Å². The Morgan fingerprint density at radius 3 is 2.71 bits per heavy atom. The van der Waals surface area contributed by atoms with Crippen molar-refractivity contribution in [2.45, 2.75) is 26.1 Å². The van der Waals surface area contributed by atoms with Crippen LogP contribution in [-0.4, -0.2) is 37.7 Å². The van der Waals surface area contributed by atoms with Gasteiger partial charge in [0.05, 0.1) is 24.9 Å². The molecule has 0 radical (unpaired) electrons. The molecule has 1 aromatic heterocycles. The molecule has 7 nitrogen and oxygen atoms in total. The van der Waals surface area contributed by atoms with Crippen molar-refractivity contribution in [1.29, 1.82) is 0 Å². The summed E-state index contributed by atoms with van der Waals surface area (Å²) in [5.74, 6) is -0.472. The Morgan fingerprint density at radius 1 is 1.29 bits per heavy atom. The first-order valence-electron chi connectivity index (χ1n) is 8.26. The number of fused-ring (bicyclic) bond motifs is 1.